The molecule has 0 saturated heterocycles. The lowest BCUT2D eigenvalue weighted by Crippen LogP contribution is -2.26. The van der Waals surface area contributed by atoms with Gasteiger partial charge in [-0.25, -0.2) is 15.0 Å². The molecule has 5 aromatic rings. The number of benzene rings is 2. The van der Waals surface area contributed by atoms with Crippen molar-refractivity contribution in [2.75, 3.05) is 11.9 Å². The van der Waals surface area contributed by atoms with E-state index < -0.39 is 11.4 Å². The summed E-state index contributed by atoms with van der Waals surface area (Å²) in [6, 6.07) is 26.3. The highest BCUT2D eigenvalue weighted by atomic mass is 16.5. The Morgan fingerprint density at radius 2 is 1.55 bits per heavy atom. The molecule has 0 aliphatic heterocycles. The van der Waals surface area contributed by atoms with Gasteiger partial charge in [0, 0.05) is 11.6 Å². The monoisotopic (exact) mass is 561 g/mol. The molecular formula is C33H31N5O4. The van der Waals surface area contributed by atoms with Crippen molar-refractivity contribution < 1.29 is 19.4 Å². The number of carboxylic acids is 1. The van der Waals surface area contributed by atoms with E-state index >= 15 is 0 Å². The fourth-order valence-electron chi connectivity index (χ4n) is 4.31. The molecule has 0 fully saturated rings. The third-order valence-corrected chi connectivity index (χ3v) is 6.44. The van der Waals surface area contributed by atoms with E-state index in [-0.39, 0.29) is 0 Å². The highest BCUT2D eigenvalue weighted by Gasteiger charge is 2.27. The van der Waals surface area contributed by atoms with Gasteiger partial charge in [-0.05, 0) is 69.2 Å². The Kier molecular flexibility index (Phi) is 8.38. The number of carboxylic acid groups (broad SMARTS) is 1. The number of nitrogens with zero attached hydrogens (tertiary/aromatic N) is 4. The molecular weight excluding hydrogens is 530 g/mol. The van der Waals surface area contributed by atoms with Crippen LogP contribution in [-0.2, 0) is 11.2 Å². The molecule has 9 nitrogen and oxygen atoms in total. The maximum absolute atomic E-state index is 11.6. The maximum atomic E-state index is 11.6. The number of rotatable bonds is 11. The van der Waals surface area contributed by atoms with Gasteiger partial charge in [0.1, 0.15) is 11.5 Å². The highest BCUT2D eigenvalue weighted by molar-refractivity contribution is 5.74. The quantitative estimate of drug-likeness (QED) is 0.173. The molecule has 0 spiro atoms. The molecule has 3 aromatic heterocycles. The summed E-state index contributed by atoms with van der Waals surface area (Å²) in [5, 5.41) is 12.7. The molecule has 3 heterocycles. The van der Waals surface area contributed by atoms with E-state index in [1.165, 1.54) is 0 Å². The molecule has 9 heteroatoms. The van der Waals surface area contributed by atoms with Crippen LogP contribution in [0, 0.1) is 5.41 Å². The fourth-order valence-corrected chi connectivity index (χ4v) is 4.31. The second kappa shape index (κ2) is 12.5. The zero-order valence-electron chi connectivity index (χ0n) is 23.6. The van der Waals surface area contributed by atoms with Crippen LogP contribution in [0.2, 0.25) is 0 Å². The zero-order valence-corrected chi connectivity index (χ0v) is 23.6. The number of ether oxygens (including phenoxy) is 2. The Labute approximate surface area is 244 Å². The summed E-state index contributed by atoms with van der Waals surface area (Å²) >= 11 is 0. The number of carbonyl (C=O) groups is 1. The molecule has 0 unspecified atom stereocenters. The van der Waals surface area contributed by atoms with Crippen molar-refractivity contribution >= 4 is 17.6 Å². The number of aliphatic carboxylic acids is 1. The highest BCUT2D eigenvalue weighted by Crippen LogP contribution is 2.31. The van der Waals surface area contributed by atoms with Crippen molar-refractivity contribution in [2.45, 2.75) is 27.2 Å². The van der Waals surface area contributed by atoms with Crippen LogP contribution in [0.25, 0.3) is 22.6 Å². The van der Waals surface area contributed by atoms with E-state index in [1.54, 1.807) is 32.3 Å². The molecule has 5 rings (SSSR count). The molecule has 0 aliphatic carbocycles. The summed E-state index contributed by atoms with van der Waals surface area (Å²) in [6.07, 6.45) is 3.67. The lowest BCUT2D eigenvalue weighted by atomic mass is 9.85. The van der Waals surface area contributed by atoms with Gasteiger partial charge in [0.25, 0.3) is 0 Å². The number of nitrogens with one attached hydrogen (secondary N) is 1. The third-order valence-electron chi connectivity index (χ3n) is 6.44. The molecule has 0 radical (unpaired) electrons. The lowest BCUT2D eigenvalue weighted by molar-refractivity contribution is -0.146. The van der Waals surface area contributed by atoms with Gasteiger partial charge in [-0.2, -0.15) is 0 Å². The molecule has 42 heavy (non-hydrogen) atoms. The number of hydrogen-bond acceptors (Lipinski definition) is 8. The van der Waals surface area contributed by atoms with Crippen LogP contribution in [0.15, 0.2) is 97.3 Å². The van der Waals surface area contributed by atoms with Gasteiger partial charge in [-0.15, -0.1) is 0 Å². The standard InChI is InChI=1S/C33H31N5O4/c1-4-41-27-14-5-6-15-28(27)42-31-17-9-13-25(37-31)26-20-34-21-30(36-26)38-29-16-8-12-24(35-29)23-11-7-10-22(18-23)19-33(2,3)32(39)40/h5-18,20-21H,4,19H2,1-3H3,(H,39,40)(H,35,36,38). The molecule has 0 aliphatic rings. The Balaban J connectivity index is 1.34. The van der Waals surface area contributed by atoms with Gasteiger partial charge in [0.2, 0.25) is 5.88 Å². The molecule has 0 bridgehead atoms. The van der Waals surface area contributed by atoms with Crippen LogP contribution in [0.1, 0.15) is 26.3 Å². The van der Waals surface area contributed by atoms with Crippen molar-refractivity contribution in [3.8, 4) is 40.0 Å². The first-order chi connectivity index (χ1) is 20.3. The first-order valence-electron chi connectivity index (χ1n) is 13.6. The van der Waals surface area contributed by atoms with Crippen molar-refractivity contribution in [3.63, 3.8) is 0 Å². The van der Waals surface area contributed by atoms with E-state index in [9.17, 15) is 9.90 Å². The van der Waals surface area contributed by atoms with E-state index in [0.29, 0.717) is 53.4 Å². The van der Waals surface area contributed by atoms with E-state index in [4.69, 9.17) is 19.4 Å². The van der Waals surface area contributed by atoms with Gasteiger partial charge < -0.3 is 19.9 Å². The molecule has 0 amide bonds. The van der Waals surface area contributed by atoms with E-state index in [2.05, 4.69) is 15.3 Å². The maximum Gasteiger partial charge on any atom is 0.309 e. The normalized spacial score (nSPS) is 11.1. The second-order valence-corrected chi connectivity index (χ2v) is 10.2. The Bertz CT molecular complexity index is 1710. The molecule has 0 atom stereocenters. The smallest absolute Gasteiger partial charge is 0.309 e. The SMILES string of the molecule is CCOc1ccccc1Oc1cccc(-c2cncc(Nc3cccc(-c4cccc(CC(C)(C)C(=O)O)c4)n3)n2)n1. The summed E-state index contributed by atoms with van der Waals surface area (Å²) in [7, 11) is 0. The number of para-hydroxylation sites is 2. The van der Waals surface area contributed by atoms with Gasteiger partial charge in [0.05, 0.1) is 35.8 Å². The zero-order chi connectivity index (χ0) is 29.5. The Hall–Kier alpha value is -5.31. The van der Waals surface area contributed by atoms with Crippen LogP contribution >= 0.6 is 0 Å². The summed E-state index contributed by atoms with van der Waals surface area (Å²) in [5.74, 6) is 1.89. The topological polar surface area (TPSA) is 119 Å². The van der Waals surface area contributed by atoms with Gasteiger partial charge >= 0.3 is 5.97 Å². The predicted octanol–water partition coefficient (Wildman–Crippen LogP) is 7.19. The summed E-state index contributed by atoms with van der Waals surface area (Å²) in [4.78, 5) is 30.0. The minimum absolute atomic E-state index is 0.406. The van der Waals surface area contributed by atoms with E-state index in [0.717, 1.165) is 16.8 Å². The van der Waals surface area contributed by atoms with Gasteiger partial charge in [-0.1, -0.05) is 42.5 Å². The number of pyridine rings is 2. The first kappa shape index (κ1) is 28.2. The largest absolute Gasteiger partial charge is 0.490 e. The van der Waals surface area contributed by atoms with Crippen LogP contribution in [0.3, 0.4) is 0 Å². The first-order valence-corrected chi connectivity index (χ1v) is 13.6. The number of aromatic nitrogens is 4. The summed E-state index contributed by atoms with van der Waals surface area (Å²) < 4.78 is 11.7. The molecule has 2 N–H and O–H groups in total. The molecule has 0 saturated carbocycles. The average molecular weight is 562 g/mol. The van der Waals surface area contributed by atoms with Crippen molar-refractivity contribution in [3.05, 3.63) is 103 Å². The lowest BCUT2D eigenvalue weighted by Gasteiger charge is -2.19. The predicted molar refractivity (Wildman–Crippen MR) is 161 cm³/mol. The second-order valence-electron chi connectivity index (χ2n) is 10.2. The van der Waals surface area contributed by atoms with Crippen molar-refractivity contribution in [1.29, 1.82) is 0 Å². The average Bonchev–Trinajstić information content (AvgIpc) is 2.99. The Morgan fingerprint density at radius 3 is 2.36 bits per heavy atom. The summed E-state index contributed by atoms with van der Waals surface area (Å²) in [5.41, 5.74) is 2.86. The third kappa shape index (κ3) is 6.87. The molecule has 2 aromatic carbocycles. The fraction of sp³-hybridized carbons (Fsp3) is 0.182. The Morgan fingerprint density at radius 1 is 0.810 bits per heavy atom. The van der Waals surface area contributed by atoms with Crippen LogP contribution < -0.4 is 14.8 Å². The van der Waals surface area contributed by atoms with Crippen LogP contribution in [0.4, 0.5) is 11.6 Å². The van der Waals surface area contributed by atoms with E-state index in [1.807, 2.05) is 85.8 Å². The minimum Gasteiger partial charge on any atom is -0.490 e. The van der Waals surface area contributed by atoms with Crippen LogP contribution in [-0.4, -0.2) is 37.6 Å². The van der Waals surface area contributed by atoms with Gasteiger partial charge in [-0.3, -0.25) is 9.78 Å². The number of hydrogen-bond donors (Lipinski definition) is 2. The van der Waals surface area contributed by atoms with Crippen molar-refractivity contribution in [2.24, 2.45) is 5.41 Å². The molecule has 212 valence electrons. The number of anilines is 2. The van der Waals surface area contributed by atoms with Crippen LogP contribution in [0.5, 0.6) is 17.4 Å². The van der Waals surface area contributed by atoms with Gasteiger partial charge in [0.15, 0.2) is 17.3 Å². The summed E-state index contributed by atoms with van der Waals surface area (Å²) in [6.45, 7) is 5.89. The van der Waals surface area contributed by atoms with Crippen molar-refractivity contribution in [1.82, 2.24) is 19.9 Å². The minimum atomic E-state index is -0.867.